The third-order valence-electron chi connectivity index (χ3n) is 3.71. The van der Waals surface area contributed by atoms with Crippen LogP contribution in [0.25, 0.3) is 0 Å². The zero-order valence-corrected chi connectivity index (χ0v) is 12.5. The van der Waals surface area contributed by atoms with Crippen LogP contribution in [-0.2, 0) is 0 Å². The van der Waals surface area contributed by atoms with Gasteiger partial charge in [-0.3, -0.25) is 4.98 Å². The van der Waals surface area contributed by atoms with Gasteiger partial charge in [-0.25, -0.2) is 0 Å². The number of nitrogens with zero attached hydrogens (tertiary/aromatic N) is 3. The van der Waals surface area contributed by atoms with E-state index >= 15 is 0 Å². The van der Waals surface area contributed by atoms with Crippen LogP contribution in [-0.4, -0.2) is 47.6 Å². The van der Waals surface area contributed by atoms with Crippen LogP contribution in [0.1, 0.15) is 25.5 Å². The molecule has 1 fully saturated rings. The maximum atomic E-state index is 5.59. The second-order valence-electron chi connectivity index (χ2n) is 5.14. The minimum atomic E-state index is 0.356. The molecule has 1 unspecified atom stereocenters. The molecular weight excluding hydrogens is 256 g/mol. The maximum absolute atomic E-state index is 5.59. The zero-order valence-electron chi connectivity index (χ0n) is 11.7. The number of likely N-dealkylation sites (N-methyl/N-ethyl adjacent to an activating group) is 1. The highest BCUT2D eigenvalue weighted by Crippen LogP contribution is 2.21. The first-order valence-electron chi connectivity index (χ1n) is 6.83. The lowest BCUT2D eigenvalue weighted by molar-refractivity contribution is 0.328. The first-order chi connectivity index (χ1) is 9.11. The summed E-state index contributed by atoms with van der Waals surface area (Å²) >= 11 is 4.94. The summed E-state index contributed by atoms with van der Waals surface area (Å²) in [5, 5.41) is 0. The molecule has 0 saturated carbocycles. The number of rotatable bonds is 3. The molecule has 5 heteroatoms. The average Bonchev–Trinajstić information content (AvgIpc) is 2.60. The Kier molecular flexibility index (Phi) is 4.71. The van der Waals surface area contributed by atoms with Gasteiger partial charge in [-0.2, -0.15) is 0 Å². The summed E-state index contributed by atoms with van der Waals surface area (Å²) in [6.45, 7) is 5.59. The van der Waals surface area contributed by atoms with E-state index in [1.165, 1.54) is 12.1 Å². The Labute approximate surface area is 120 Å². The quantitative estimate of drug-likeness (QED) is 0.852. The Bertz CT molecular complexity index is 432. The van der Waals surface area contributed by atoms with Crippen molar-refractivity contribution < 1.29 is 0 Å². The molecule has 0 bridgehead atoms. The second kappa shape index (κ2) is 6.30. The summed E-state index contributed by atoms with van der Waals surface area (Å²) in [7, 11) is 2.19. The molecule has 2 heterocycles. The molecule has 1 aromatic heterocycles. The molecule has 1 aliphatic heterocycles. The van der Waals surface area contributed by atoms with Gasteiger partial charge in [0.25, 0.3) is 0 Å². The monoisotopic (exact) mass is 278 g/mol. The van der Waals surface area contributed by atoms with Gasteiger partial charge in [0.2, 0.25) is 0 Å². The summed E-state index contributed by atoms with van der Waals surface area (Å²) < 4.78 is 0. The molecular formula is C14H22N4S. The van der Waals surface area contributed by atoms with E-state index in [0.717, 1.165) is 26.1 Å². The van der Waals surface area contributed by atoms with Crippen molar-refractivity contribution in [3.63, 3.8) is 0 Å². The van der Waals surface area contributed by atoms with E-state index in [2.05, 4.69) is 34.8 Å². The number of aromatic nitrogens is 1. The summed E-state index contributed by atoms with van der Waals surface area (Å²) in [6.07, 6.45) is 4.22. The van der Waals surface area contributed by atoms with E-state index in [9.17, 15) is 0 Å². The molecule has 1 aliphatic rings. The van der Waals surface area contributed by atoms with Gasteiger partial charge in [-0.1, -0.05) is 19.1 Å². The largest absolute Gasteiger partial charge is 0.388 e. The third kappa shape index (κ3) is 3.42. The van der Waals surface area contributed by atoms with Crippen molar-refractivity contribution in [1.82, 2.24) is 9.88 Å². The van der Waals surface area contributed by atoms with Crippen LogP contribution in [0.15, 0.2) is 18.3 Å². The van der Waals surface area contributed by atoms with Crippen molar-refractivity contribution in [3.8, 4) is 0 Å². The minimum absolute atomic E-state index is 0.356. The molecule has 1 aromatic rings. The van der Waals surface area contributed by atoms with E-state index in [-0.39, 0.29) is 0 Å². The molecule has 2 rings (SSSR count). The van der Waals surface area contributed by atoms with Crippen LogP contribution in [0.5, 0.6) is 0 Å². The summed E-state index contributed by atoms with van der Waals surface area (Å²) in [5.74, 6) is 0. The van der Waals surface area contributed by atoms with Gasteiger partial charge >= 0.3 is 0 Å². The van der Waals surface area contributed by atoms with Gasteiger partial charge in [0.05, 0.1) is 17.6 Å². The number of thiocarbonyl (C=S) groups is 1. The fourth-order valence-electron chi connectivity index (χ4n) is 2.63. The van der Waals surface area contributed by atoms with Crippen LogP contribution in [0.4, 0.5) is 5.69 Å². The minimum Gasteiger partial charge on any atom is -0.388 e. The molecule has 1 atom stereocenters. The van der Waals surface area contributed by atoms with Gasteiger partial charge in [0.15, 0.2) is 0 Å². The third-order valence-corrected chi connectivity index (χ3v) is 3.91. The van der Waals surface area contributed by atoms with E-state index in [1.807, 2.05) is 12.3 Å². The predicted octanol–water partition coefficient (Wildman–Crippen LogP) is 1.64. The lowest BCUT2D eigenvalue weighted by Gasteiger charge is -2.32. The molecule has 0 aliphatic carbocycles. The Hall–Kier alpha value is -1.20. The Morgan fingerprint density at radius 2 is 2.26 bits per heavy atom. The second-order valence-corrected chi connectivity index (χ2v) is 5.58. The Morgan fingerprint density at radius 1 is 1.47 bits per heavy atom. The predicted molar refractivity (Wildman–Crippen MR) is 83.7 cm³/mol. The molecule has 104 valence electrons. The first kappa shape index (κ1) is 14.2. The summed E-state index contributed by atoms with van der Waals surface area (Å²) in [5.41, 5.74) is 7.45. The molecule has 19 heavy (non-hydrogen) atoms. The van der Waals surface area contributed by atoms with E-state index in [0.29, 0.717) is 16.7 Å². The zero-order chi connectivity index (χ0) is 13.8. The number of hydrogen-bond donors (Lipinski definition) is 1. The number of nitrogens with two attached hydrogens (primary N) is 1. The molecule has 0 radical (unpaired) electrons. The van der Waals surface area contributed by atoms with Gasteiger partial charge in [0, 0.05) is 19.1 Å². The normalized spacial score (nSPS) is 21.2. The molecule has 0 spiro atoms. The van der Waals surface area contributed by atoms with Crippen molar-refractivity contribution in [2.45, 2.75) is 25.8 Å². The Morgan fingerprint density at radius 3 is 2.84 bits per heavy atom. The van der Waals surface area contributed by atoms with Crippen LogP contribution in [0.3, 0.4) is 0 Å². The van der Waals surface area contributed by atoms with Crippen molar-refractivity contribution in [2.24, 2.45) is 5.73 Å². The van der Waals surface area contributed by atoms with Crippen molar-refractivity contribution in [1.29, 1.82) is 0 Å². The molecule has 0 amide bonds. The summed E-state index contributed by atoms with van der Waals surface area (Å²) in [4.78, 5) is 9.57. The van der Waals surface area contributed by atoms with Crippen molar-refractivity contribution >= 4 is 22.9 Å². The topological polar surface area (TPSA) is 45.4 Å². The lowest BCUT2D eigenvalue weighted by atomic mass is 10.1. The standard InChI is InChI=1S/C14H22N4S/c1-3-11-10-17(2)7-4-8-18(11)12-5-6-13(14(15)19)16-9-12/h5-6,9,11H,3-4,7-8,10H2,1-2H3,(H2,15,19). The van der Waals surface area contributed by atoms with E-state index < -0.39 is 0 Å². The fraction of sp³-hybridized carbons (Fsp3) is 0.571. The SMILES string of the molecule is CCC1CN(C)CCCN1c1ccc(C(N)=S)nc1. The van der Waals surface area contributed by atoms with Crippen molar-refractivity contribution in [3.05, 3.63) is 24.0 Å². The molecule has 0 aromatic carbocycles. The number of pyridine rings is 1. The highest BCUT2D eigenvalue weighted by atomic mass is 32.1. The van der Waals surface area contributed by atoms with Gasteiger partial charge in [0.1, 0.15) is 4.99 Å². The first-order valence-corrected chi connectivity index (χ1v) is 7.23. The van der Waals surface area contributed by atoms with Crippen LogP contribution < -0.4 is 10.6 Å². The lowest BCUT2D eigenvalue weighted by Crippen LogP contribution is -2.39. The highest BCUT2D eigenvalue weighted by Gasteiger charge is 2.22. The average molecular weight is 278 g/mol. The molecule has 1 saturated heterocycles. The van der Waals surface area contributed by atoms with Gasteiger partial charge < -0.3 is 15.5 Å². The fourth-order valence-corrected chi connectivity index (χ4v) is 2.76. The van der Waals surface area contributed by atoms with Crippen LogP contribution in [0.2, 0.25) is 0 Å². The maximum Gasteiger partial charge on any atom is 0.122 e. The summed E-state index contributed by atoms with van der Waals surface area (Å²) in [6, 6.07) is 4.54. The number of hydrogen-bond acceptors (Lipinski definition) is 4. The smallest absolute Gasteiger partial charge is 0.122 e. The van der Waals surface area contributed by atoms with Gasteiger partial charge in [-0.05, 0) is 38.6 Å². The van der Waals surface area contributed by atoms with E-state index in [1.54, 1.807) is 0 Å². The molecule has 4 nitrogen and oxygen atoms in total. The van der Waals surface area contributed by atoms with Crippen molar-refractivity contribution in [2.75, 3.05) is 31.6 Å². The number of anilines is 1. The van der Waals surface area contributed by atoms with Crippen LogP contribution in [0, 0.1) is 0 Å². The molecule has 2 N–H and O–H groups in total. The van der Waals surface area contributed by atoms with E-state index in [4.69, 9.17) is 18.0 Å². The van der Waals surface area contributed by atoms with Crippen LogP contribution >= 0.6 is 12.2 Å². The highest BCUT2D eigenvalue weighted by molar-refractivity contribution is 7.80. The van der Waals surface area contributed by atoms with Gasteiger partial charge in [-0.15, -0.1) is 0 Å². The Balaban J connectivity index is 2.20.